The largest absolute Gasteiger partial charge is 0.454 e. The molecular formula is C17H18N2O2. The molecule has 4 heteroatoms. The zero-order valence-electron chi connectivity index (χ0n) is 11.9. The monoisotopic (exact) mass is 282 g/mol. The summed E-state index contributed by atoms with van der Waals surface area (Å²) in [7, 11) is 0. The first-order chi connectivity index (χ1) is 10.4. The lowest BCUT2D eigenvalue weighted by Gasteiger charge is -2.10. The molecule has 0 saturated carbocycles. The summed E-state index contributed by atoms with van der Waals surface area (Å²) in [6.07, 6.45) is 9.11. The molecule has 0 saturated heterocycles. The highest BCUT2D eigenvalue weighted by atomic mass is 16.7. The number of aromatic nitrogens is 1. The van der Waals surface area contributed by atoms with Crippen LogP contribution in [0.15, 0.2) is 36.0 Å². The summed E-state index contributed by atoms with van der Waals surface area (Å²) in [5, 5.41) is 5.66. The number of allylic oxidation sites excluding steroid dienone is 1. The molecule has 2 heterocycles. The van der Waals surface area contributed by atoms with Crippen LogP contribution in [0.5, 0.6) is 11.5 Å². The third kappa shape index (κ3) is 2.42. The summed E-state index contributed by atoms with van der Waals surface area (Å²) < 4.78 is 10.9. The minimum absolute atomic E-state index is 0.302. The molecule has 1 aromatic heterocycles. The number of anilines is 1. The van der Waals surface area contributed by atoms with Gasteiger partial charge in [0.1, 0.15) is 5.82 Å². The Morgan fingerprint density at radius 3 is 2.95 bits per heavy atom. The highest BCUT2D eigenvalue weighted by molar-refractivity contribution is 5.94. The lowest BCUT2D eigenvalue weighted by atomic mass is 10.1. The number of nitrogens with zero attached hydrogens (tertiary/aromatic N) is 1. The van der Waals surface area contributed by atoms with Crippen LogP contribution >= 0.6 is 0 Å². The van der Waals surface area contributed by atoms with Gasteiger partial charge in [0, 0.05) is 18.1 Å². The van der Waals surface area contributed by atoms with Gasteiger partial charge in [0.15, 0.2) is 11.5 Å². The number of ether oxygens (including phenoxy) is 2. The van der Waals surface area contributed by atoms with E-state index in [1.54, 1.807) is 5.57 Å². The van der Waals surface area contributed by atoms with Gasteiger partial charge in [-0.25, -0.2) is 4.98 Å². The molecule has 0 radical (unpaired) electrons. The van der Waals surface area contributed by atoms with Gasteiger partial charge >= 0.3 is 0 Å². The van der Waals surface area contributed by atoms with E-state index >= 15 is 0 Å². The summed E-state index contributed by atoms with van der Waals surface area (Å²) in [5.74, 6) is 2.54. The molecule has 0 fully saturated rings. The van der Waals surface area contributed by atoms with Gasteiger partial charge in [-0.1, -0.05) is 11.6 Å². The maximum atomic E-state index is 5.46. The Morgan fingerprint density at radius 2 is 2.10 bits per heavy atom. The fourth-order valence-electron chi connectivity index (χ4n) is 3.01. The number of pyridine rings is 1. The van der Waals surface area contributed by atoms with Crippen molar-refractivity contribution in [1.82, 2.24) is 4.98 Å². The number of hydrogen-bond donors (Lipinski definition) is 1. The van der Waals surface area contributed by atoms with Crippen molar-refractivity contribution in [3.8, 4) is 11.5 Å². The van der Waals surface area contributed by atoms with Crippen molar-refractivity contribution in [3.05, 3.63) is 36.0 Å². The van der Waals surface area contributed by atoms with E-state index in [9.17, 15) is 0 Å². The van der Waals surface area contributed by atoms with Crippen LogP contribution < -0.4 is 14.8 Å². The van der Waals surface area contributed by atoms with Crippen LogP contribution in [0.25, 0.3) is 10.8 Å². The smallest absolute Gasteiger partial charge is 0.231 e. The molecule has 2 aliphatic rings. The van der Waals surface area contributed by atoms with Gasteiger partial charge in [-0.05, 0) is 49.3 Å². The van der Waals surface area contributed by atoms with E-state index < -0.39 is 0 Å². The first kappa shape index (κ1) is 12.5. The molecule has 21 heavy (non-hydrogen) atoms. The Kier molecular flexibility index (Phi) is 3.14. The van der Waals surface area contributed by atoms with Gasteiger partial charge in [-0.2, -0.15) is 0 Å². The Bertz CT molecular complexity index is 709. The minimum Gasteiger partial charge on any atom is -0.454 e. The fraction of sp³-hybridized carbons (Fsp3) is 0.353. The van der Waals surface area contributed by atoms with Crippen LogP contribution in [-0.4, -0.2) is 18.3 Å². The lowest BCUT2D eigenvalue weighted by Crippen LogP contribution is -2.04. The molecule has 1 N–H and O–H groups in total. The molecule has 2 aromatic rings. The second-order valence-corrected chi connectivity index (χ2v) is 5.52. The Labute approximate surface area is 123 Å². The first-order valence-corrected chi connectivity index (χ1v) is 7.50. The Hall–Kier alpha value is -2.23. The summed E-state index contributed by atoms with van der Waals surface area (Å²) >= 11 is 0. The van der Waals surface area contributed by atoms with Gasteiger partial charge in [0.05, 0.1) is 0 Å². The van der Waals surface area contributed by atoms with Crippen LogP contribution in [0, 0.1) is 0 Å². The third-order valence-electron chi connectivity index (χ3n) is 4.13. The van der Waals surface area contributed by atoms with Crippen LogP contribution in [0.1, 0.15) is 25.7 Å². The van der Waals surface area contributed by atoms with Crippen LogP contribution in [0.4, 0.5) is 5.82 Å². The SMILES string of the molecule is C1=C(CCNc2nccc3cc4c(cc23)OCO4)CCC1. The molecule has 0 amide bonds. The van der Waals surface area contributed by atoms with Crippen molar-refractivity contribution in [3.63, 3.8) is 0 Å². The third-order valence-corrected chi connectivity index (χ3v) is 4.13. The molecule has 4 rings (SSSR count). The summed E-state index contributed by atoms with van der Waals surface area (Å²) in [4.78, 5) is 4.47. The molecule has 0 bridgehead atoms. The average Bonchev–Trinajstić information content (AvgIpc) is 3.16. The molecule has 1 aromatic carbocycles. The summed E-state index contributed by atoms with van der Waals surface area (Å²) in [6, 6.07) is 6.04. The van der Waals surface area contributed by atoms with E-state index in [0.717, 1.165) is 41.1 Å². The number of rotatable bonds is 4. The molecule has 108 valence electrons. The summed E-state index contributed by atoms with van der Waals surface area (Å²) in [6.45, 7) is 1.22. The molecule has 1 aliphatic carbocycles. The highest BCUT2D eigenvalue weighted by Crippen LogP contribution is 2.37. The van der Waals surface area contributed by atoms with Gasteiger partial charge < -0.3 is 14.8 Å². The standard InChI is InChI=1S/C17H18N2O2/c1-2-4-12(3-1)5-7-18-17-14-10-16-15(20-11-21-16)9-13(14)6-8-19-17/h3,6,8-10H,1-2,4-5,7,11H2,(H,18,19). The Balaban J connectivity index is 1.56. The van der Waals surface area contributed by atoms with E-state index in [0.29, 0.717) is 6.79 Å². The first-order valence-electron chi connectivity index (χ1n) is 7.50. The number of fused-ring (bicyclic) bond motifs is 2. The number of nitrogens with one attached hydrogen (secondary N) is 1. The summed E-state index contributed by atoms with van der Waals surface area (Å²) in [5.41, 5.74) is 1.57. The number of hydrogen-bond acceptors (Lipinski definition) is 4. The predicted octanol–water partition coefficient (Wildman–Crippen LogP) is 3.88. The van der Waals surface area contributed by atoms with Gasteiger partial charge in [-0.15, -0.1) is 0 Å². The second-order valence-electron chi connectivity index (χ2n) is 5.52. The van der Waals surface area contributed by atoms with E-state index in [1.165, 1.54) is 19.3 Å². The highest BCUT2D eigenvalue weighted by Gasteiger charge is 2.15. The zero-order chi connectivity index (χ0) is 14.1. The van der Waals surface area contributed by atoms with Crippen molar-refractivity contribution in [2.45, 2.75) is 25.7 Å². The molecule has 1 aliphatic heterocycles. The van der Waals surface area contributed by atoms with Gasteiger partial charge in [0.25, 0.3) is 0 Å². The number of benzene rings is 1. The molecule has 4 nitrogen and oxygen atoms in total. The van der Waals surface area contributed by atoms with Crippen molar-refractivity contribution in [2.75, 3.05) is 18.7 Å². The van der Waals surface area contributed by atoms with E-state index in [4.69, 9.17) is 9.47 Å². The average molecular weight is 282 g/mol. The fourth-order valence-corrected chi connectivity index (χ4v) is 3.01. The van der Waals surface area contributed by atoms with E-state index in [-0.39, 0.29) is 0 Å². The predicted molar refractivity (Wildman–Crippen MR) is 82.9 cm³/mol. The zero-order valence-corrected chi connectivity index (χ0v) is 11.9. The van der Waals surface area contributed by atoms with Crippen molar-refractivity contribution >= 4 is 16.6 Å². The van der Waals surface area contributed by atoms with Crippen molar-refractivity contribution in [1.29, 1.82) is 0 Å². The van der Waals surface area contributed by atoms with Crippen molar-refractivity contribution < 1.29 is 9.47 Å². The second kappa shape index (κ2) is 5.28. The molecule has 0 atom stereocenters. The Morgan fingerprint density at radius 1 is 1.19 bits per heavy atom. The van der Waals surface area contributed by atoms with Crippen LogP contribution in [0.3, 0.4) is 0 Å². The van der Waals surface area contributed by atoms with E-state index in [1.807, 2.05) is 24.4 Å². The lowest BCUT2D eigenvalue weighted by molar-refractivity contribution is 0.174. The minimum atomic E-state index is 0.302. The molecular weight excluding hydrogens is 264 g/mol. The normalized spacial score (nSPS) is 16.3. The maximum Gasteiger partial charge on any atom is 0.231 e. The molecule has 0 unspecified atom stereocenters. The van der Waals surface area contributed by atoms with Crippen LogP contribution in [0.2, 0.25) is 0 Å². The quantitative estimate of drug-likeness (QED) is 0.864. The van der Waals surface area contributed by atoms with Gasteiger partial charge in [-0.3, -0.25) is 0 Å². The van der Waals surface area contributed by atoms with Gasteiger partial charge in [0.2, 0.25) is 6.79 Å². The maximum absolute atomic E-state index is 5.46. The molecule has 0 spiro atoms. The van der Waals surface area contributed by atoms with Crippen LogP contribution in [-0.2, 0) is 0 Å². The van der Waals surface area contributed by atoms with Crippen molar-refractivity contribution in [2.24, 2.45) is 0 Å². The van der Waals surface area contributed by atoms with E-state index in [2.05, 4.69) is 16.4 Å². The topological polar surface area (TPSA) is 43.4 Å².